The van der Waals surface area contributed by atoms with Crippen molar-refractivity contribution in [2.24, 2.45) is 0 Å². The van der Waals surface area contributed by atoms with E-state index in [9.17, 15) is 0 Å². The van der Waals surface area contributed by atoms with Gasteiger partial charge in [-0.25, -0.2) is 0 Å². The van der Waals surface area contributed by atoms with Crippen molar-refractivity contribution in [1.29, 1.82) is 0 Å². The number of hydrogen-bond donors (Lipinski definition) is 0. The molecule has 0 N–H and O–H groups in total. The minimum absolute atomic E-state index is 0.404. The highest BCUT2D eigenvalue weighted by Gasteiger charge is 2.52. The molecular weight excluding hydrogens is 459 g/mol. The molecule has 1 saturated heterocycles. The molecule has 2 aromatic heterocycles. The summed E-state index contributed by atoms with van der Waals surface area (Å²) >= 11 is 0. The molecule has 1 fully saturated rings. The predicted octanol–water partition coefficient (Wildman–Crippen LogP) is 7.97. The van der Waals surface area contributed by atoms with Crippen molar-refractivity contribution in [3.05, 3.63) is 91.0 Å². The molecule has 0 amide bonds. The lowest BCUT2D eigenvalue weighted by atomic mass is 9.76. The molecule has 0 bridgehead atoms. The summed E-state index contributed by atoms with van der Waals surface area (Å²) < 4.78 is 25.2. The summed E-state index contributed by atoms with van der Waals surface area (Å²) in [5.41, 5.74) is 6.01. The van der Waals surface area contributed by atoms with Gasteiger partial charge in [0, 0.05) is 21.7 Å². The lowest BCUT2D eigenvalue weighted by Crippen LogP contribution is -2.41. The minimum Gasteiger partial charge on any atom is -0.456 e. The average Bonchev–Trinajstić information content (AvgIpc) is 3.54. The maximum atomic E-state index is 6.37. The van der Waals surface area contributed by atoms with Gasteiger partial charge < -0.3 is 18.1 Å². The number of rotatable bonds is 3. The van der Waals surface area contributed by atoms with Gasteiger partial charge in [0.2, 0.25) is 0 Å². The van der Waals surface area contributed by atoms with E-state index >= 15 is 0 Å². The van der Waals surface area contributed by atoms with Crippen LogP contribution in [0.25, 0.3) is 55.4 Å². The Morgan fingerprint density at radius 3 is 2.08 bits per heavy atom. The zero-order valence-electron chi connectivity index (χ0n) is 21.4. The Morgan fingerprint density at radius 2 is 1.30 bits per heavy atom. The molecular formula is C32H27BO4. The monoisotopic (exact) mass is 486 g/mol. The van der Waals surface area contributed by atoms with E-state index in [1.807, 2.05) is 36.4 Å². The van der Waals surface area contributed by atoms with Crippen molar-refractivity contribution >= 4 is 45.5 Å². The Morgan fingerprint density at radius 1 is 0.568 bits per heavy atom. The van der Waals surface area contributed by atoms with E-state index < -0.39 is 18.3 Å². The number of benzene rings is 4. The van der Waals surface area contributed by atoms with Crippen LogP contribution >= 0.6 is 0 Å². The Kier molecular flexibility index (Phi) is 4.75. The normalized spacial score (nSPS) is 16.8. The van der Waals surface area contributed by atoms with Crippen molar-refractivity contribution in [2.45, 2.75) is 38.9 Å². The van der Waals surface area contributed by atoms with Gasteiger partial charge in [-0.05, 0) is 80.7 Å². The molecule has 4 aromatic carbocycles. The summed E-state index contributed by atoms with van der Waals surface area (Å²) in [5, 5.41) is 3.17. The van der Waals surface area contributed by atoms with E-state index in [0.29, 0.717) is 0 Å². The third kappa shape index (κ3) is 3.53. The topological polar surface area (TPSA) is 44.7 Å². The van der Waals surface area contributed by atoms with Gasteiger partial charge in [0.25, 0.3) is 0 Å². The Balaban J connectivity index is 1.30. The maximum absolute atomic E-state index is 6.37. The van der Waals surface area contributed by atoms with E-state index in [0.717, 1.165) is 60.8 Å². The zero-order chi connectivity index (χ0) is 25.4. The second-order valence-electron chi connectivity index (χ2n) is 10.9. The maximum Gasteiger partial charge on any atom is 0.495 e. The summed E-state index contributed by atoms with van der Waals surface area (Å²) in [6, 6.07) is 31.1. The molecule has 0 aliphatic carbocycles. The van der Waals surface area contributed by atoms with Crippen LogP contribution in [-0.2, 0) is 9.31 Å². The highest BCUT2D eigenvalue weighted by atomic mass is 16.7. The molecule has 4 nitrogen and oxygen atoms in total. The quantitative estimate of drug-likeness (QED) is 0.238. The van der Waals surface area contributed by atoms with Crippen molar-refractivity contribution in [2.75, 3.05) is 0 Å². The van der Waals surface area contributed by atoms with Crippen molar-refractivity contribution in [3.8, 4) is 22.5 Å². The Labute approximate surface area is 215 Å². The second kappa shape index (κ2) is 7.85. The second-order valence-corrected chi connectivity index (χ2v) is 10.9. The summed E-state index contributed by atoms with van der Waals surface area (Å²) in [6.45, 7) is 8.30. The van der Waals surface area contributed by atoms with Crippen molar-refractivity contribution in [1.82, 2.24) is 0 Å². The molecule has 37 heavy (non-hydrogen) atoms. The first-order chi connectivity index (χ1) is 17.8. The van der Waals surface area contributed by atoms with Gasteiger partial charge in [-0.2, -0.15) is 0 Å². The fraction of sp³-hybridized carbons (Fsp3) is 0.188. The Hall–Kier alpha value is -3.80. The van der Waals surface area contributed by atoms with Crippen LogP contribution in [-0.4, -0.2) is 18.3 Å². The third-order valence-electron chi connectivity index (χ3n) is 7.94. The van der Waals surface area contributed by atoms with Crippen LogP contribution in [0.1, 0.15) is 27.7 Å². The van der Waals surface area contributed by atoms with Crippen LogP contribution in [0.4, 0.5) is 0 Å². The van der Waals surface area contributed by atoms with Gasteiger partial charge in [0.15, 0.2) is 0 Å². The molecule has 0 unspecified atom stereocenters. The highest BCUT2D eigenvalue weighted by Crippen LogP contribution is 2.39. The molecule has 6 aromatic rings. The highest BCUT2D eigenvalue weighted by molar-refractivity contribution is 6.66. The standard InChI is InChI=1S/C32H27BO4/c1-31(2)32(3,4)37-33(36-31)25-11-8-12-27-30(25)24-15-13-22(18-29(24)35-27)21-14-16-26-23(17-21)19-28(34-26)20-9-6-5-7-10-20/h5-19H,1-4H3. The molecule has 0 spiro atoms. The van der Waals surface area contributed by atoms with E-state index in [4.69, 9.17) is 18.1 Å². The smallest absolute Gasteiger partial charge is 0.456 e. The van der Waals surface area contributed by atoms with Gasteiger partial charge in [0.1, 0.15) is 22.5 Å². The molecule has 0 radical (unpaired) electrons. The molecule has 0 atom stereocenters. The van der Waals surface area contributed by atoms with Gasteiger partial charge >= 0.3 is 7.12 Å². The number of hydrogen-bond acceptors (Lipinski definition) is 4. The van der Waals surface area contributed by atoms with Gasteiger partial charge in [0.05, 0.1) is 11.2 Å². The minimum atomic E-state index is -0.448. The molecule has 1 aliphatic rings. The largest absolute Gasteiger partial charge is 0.495 e. The number of fused-ring (bicyclic) bond motifs is 4. The summed E-state index contributed by atoms with van der Waals surface area (Å²) in [6.07, 6.45) is 0. The van der Waals surface area contributed by atoms with Crippen LogP contribution in [0.5, 0.6) is 0 Å². The van der Waals surface area contributed by atoms with Crippen LogP contribution in [0, 0.1) is 0 Å². The van der Waals surface area contributed by atoms with E-state index in [1.165, 1.54) is 0 Å². The predicted molar refractivity (Wildman–Crippen MR) is 150 cm³/mol. The fourth-order valence-corrected chi connectivity index (χ4v) is 5.17. The van der Waals surface area contributed by atoms with Gasteiger partial charge in [-0.15, -0.1) is 0 Å². The summed E-state index contributed by atoms with van der Waals surface area (Å²) in [4.78, 5) is 0. The van der Waals surface area contributed by atoms with E-state index in [-0.39, 0.29) is 0 Å². The average molecular weight is 486 g/mol. The van der Waals surface area contributed by atoms with Crippen LogP contribution in [0.15, 0.2) is 99.8 Å². The van der Waals surface area contributed by atoms with Gasteiger partial charge in [-0.1, -0.05) is 54.6 Å². The summed E-state index contributed by atoms with van der Waals surface area (Å²) in [5.74, 6) is 0.871. The first kappa shape index (κ1) is 22.4. The van der Waals surface area contributed by atoms with E-state index in [1.54, 1.807) is 0 Å². The van der Waals surface area contributed by atoms with Crippen molar-refractivity contribution in [3.63, 3.8) is 0 Å². The third-order valence-corrected chi connectivity index (χ3v) is 7.94. The first-order valence-electron chi connectivity index (χ1n) is 12.7. The van der Waals surface area contributed by atoms with Crippen LogP contribution in [0.3, 0.4) is 0 Å². The molecule has 182 valence electrons. The summed E-state index contributed by atoms with van der Waals surface area (Å²) in [7, 11) is -0.448. The molecule has 0 saturated carbocycles. The number of furan rings is 2. The Bertz CT molecular complexity index is 1780. The first-order valence-corrected chi connectivity index (χ1v) is 12.7. The fourth-order valence-electron chi connectivity index (χ4n) is 5.17. The molecule has 5 heteroatoms. The lowest BCUT2D eigenvalue weighted by molar-refractivity contribution is 0.00578. The molecule has 1 aliphatic heterocycles. The van der Waals surface area contributed by atoms with Gasteiger partial charge in [-0.3, -0.25) is 0 Å². The molecule has 3 heterocycles. The lowest BCUT2D eigenvalue weighted by Gasteiger charge is -2.32. The van der Waals surface area contributed by atoms with Crippen LogP contribution < -0.4 is 5.46 Å². The SMILES string of the molecule is CC1(C)OB(c2cccc3oc4cc(-c5ccc6oc(-c7ccccc7)cc6c5)ccc4c23)OC1(C)C. The van der Waals surface area contributed by atoms with E-state index in [2.05, 4.69) is 82.3 Å². The zero-order valence-corrected chi connectivity index (χ0v) is 21.4. The van der Waals surface area contributed by atoms with Crippen LogP contribution in [0.2, 0.25) is 0 Å². The molecule has 7 rings (SSSR count). The van der Waals surface area contributed by atoms with Crippen molar-refractivity contribution < 1.29 is 18.1 Å².